The van der Waals surface area contributed by atoms with Crippen molar-refractivity contribution in [2.45, 2.75) is 6.18 Å². The third-order valence-corrected chi connectivity index (χ3v) is 4.22. The average Bonchev–Trinajstić information content (AvgIpc) is 2.73. The van der Waals surface area contributed by atoms with E-state index >= 15 is 0 Å². The van der Waals surface area contributed by atoms with Gasteiger partial charge >= 0.3 is 6.18 Å². The lowest BCUT2D eigenvalue weighted by Crippen LogP contribution is -2.33. The van der Waals surface area contributed by atoms with Crippen molar-refractivity contribution >= 4 is 39.9 Å². The largest absolute Gasteiger partial charge is 0.467 e. The van der Waals surface area contributed by atoms with Gasteiger partial charge in [-0.15, -0.1) is 0 Å². The van der Waals surface area contributed by atoms with Gasteiger partial charge in [-0.1, -0.05) is 17.7 Å². The van der Waals surface area contributed by atoms with Gasteiger partial charge in [0.1, 0.15) is 5.02 Å². The lowest BCUT2D eigenvalue weighted by Gasteiger charge is -2.11. The molecule has 2 heterocycles. The fourth-order valence-electron chi connectivity index (χ4n) is 2.60. The van der Waals surface area contributed by atoms with Crippen LogP contribution in [0.4, 0.5) is 18.9 Å². The Bertz CT molecular complexity index is 1300. The van der Waals surface area contributed by atoms with Gasteiger partial charge in [0.25, 0.3) is 17.0 Å². The van der Waals surface area contributed by atoms with Crippen LogP contribution >= 0.6 is 11.6 Å². The molecule has 0 fully saturated rings. The van der Waals surface area contributed by atoms with Crippen LogP contribution < -0.4 is 26.5 Å². The minimum Gasteiger partial charge on any atom is -0.467 e. The van der Waals surface area contributed by atoms with E-state index in [-0.39, 0.29) is 27.0 Å². The van der Waals surface area contributed by atoms with Gasteiger partial charge in [0.15, 0.2) is 6.61 Å². The number of nitrogens with one attached hydrogen (secondary N) is 4. The second-order valence-corrected chi connectivity index (χ2v) is 6.69. The summed E-state index contributed by atoms with van der Waals surface area (Å²) in [5.41, 5.74) is -1.26. The summed E-state index contributed by atoms with van der Waals surface area (Å²) in [6, 6.07) is 5.30. The number of hydrogen-bond acceptors (Lipinski definition) is 6. The van der Waals surface area contributed by atoms with Crippen LogP contribution in [-0.4, -0.2) is 46.3 Å². The molecule has 3 aromatic rings. The molecular formula is C18H13ClF3N5O5. The highest BCUT2D eigenvalue weighted by Gasteiger charge is 2.29. The van der Waals surface area contributed by atoms with Crippen molar-refractivity contribution in [3.05, 3.63) is 61.8 Å². The molecule has 32 heavy (non-hydrogen) atoms. The zero-order chi connectivity index (χ0) is 23.5. The molecule has 2 aromatic heterocycles. The molecule has 0 bridgehead atoms. The molecule has 0 radical (unpaired) electrons. The van der Waals surface area contributed by atoms with Crippen LogP contribution in [-0.2, 0) is 4.79 Å². The number of nitrogens with zero attached hydrogens (tertiary/aromatic N) is 1. The molecule has 0 spiro atoms. The summed E-state index contributed by atoms with van der Waals surface area (Å²) in [5.74, 6) is -2.01. The van der Waals surface area contributed by atoms with Gasteiger partial charge in [-0.25, -0.2) is 4.98 Å². The molecular weight excluding hydrogens is 459 g/mol. The van der Waals surface area contributed by atoms with Gasteiger partial charge in [0.05, 0.1) is 28.6 Å². The number of aromatic nitrogens is 3. The number of pyridine rings is 1. The molecule has 4 N–H and O–H groups in total. The van der Waals surface area contributed by atoms with Crippen molar-refractivity contribution < 1.29 is 27.5 Å². The number of H-pyrrole nitrogens is 2. The van der Waals surface area contributed by atoms with Crippen molar-refractivity contribution in [3.8, 4) is 5.88 Å². The number of amides is 2. The zero-order valence-corrected chi connectivity index (χ0v) is 16.6. The van der Waals surface area contributed by atoms with E-state index in [1.165, 1.54) is 18.2 Å². The number of alkyl halides is 3. The van der Waals surface area contributed by atoms with E-state index in [0.717, 1.165) is 12.3 Å². The Kier molecular flexibility index (Phi) is 6.48. The Hall–Kier alpha value is -3.87. The molecule has 0 saturated heterocycles. The fraction of sp³-hybridized carbons (Fsp3) is 0.167. The summed E-state index contributed by atoms with van der Waals surface area (Å²) in [6.07, 6.45) is -3.65. The van der Waals surface area contributed by atoms with Gasteiger partial charge in [-0.2, -0.15) is 13.2 Å². The topological polar surface area (TPSA) is 146 Å². The molecule has 2 amide bonds. The summed E-state index contributed by atoms with van der Waals surface area (Å²) >= 11 is 5.78. The SMILES string of the molecule is O=C(CNC(=O)c1cnc(OCC(F)(F)F)c(Cl)c1)Nc1cccc2c(=O)[nH][nH]c(=O)c12. The average molecular weight is 472 g/mol. The van der Waals surface area contributed by atoms with Gasteiger partial charge in [-0.05, 0) is 18.2 Å². The highest BCUT2D eigenvalue weighted by Crippen LogP contribution is 2.25. The van der Waals surface area contributed by atoms with Crippen LogP contribution in [0.25, 0.3) is 10.8 Å². The first-order valence-electron chi connectivity index (χ1n) is 8.72. The van der Waals surface area contributed by atoms with Gasteiger partial charge in [-0.3, -0.25) is 29.4 Å². The highest BCUT2D eigenvalue weighted by molar-refractivity contribution is 6.32. The van der Waals surface area contributed by atoms with E-state index in [4.69, 9.17) is 11.6 Å². The predicted octanol–water partition coefficient (Wildman–Crippen LogP) is 1.57. The van der Waals surface area contributed by atoms with Crippen molar-refractivity contribution in [3.63, 3.8) is 0 Å². The van der Waals surface area contributed by atoms with Crippen molar-refractivity contribution in [1.29, 1.82) is 0 Å². The molecule has 0 aliphatic rings. The van der Waals surface area contributed by atoms with Crippen LogP contribution in [0.2, 0.25) is 5.02 Å². The second-order valence-electron chi connectivity index (χ2n) is 6.28. The van der Waals surface area contributed by atoms with E-state index in [1.54, 1.807) is 0 Å². The summed E-state index contributed by atoms with van der Waals surface area (Å²) in [4.78, 5) is 51.8. The zero-order valence-electron chi connectivity index (χ0n) is 15.8. The number of rotatable bonds is 6. The standard InChI is InChI=1S/C18H13ClF3N5O5/c19-10-4-8(5-24-17(10)32-7-18(20,21)22)14(29)23-6-12(28)25-11-3-1-2-9-13(11)16(31)27-26-15(9)30/h1-5H,6-7H2,(H,23,29)(H,25,28)(H,26,30)(H,27,31). The number of halogens is 4. The molecule has 0 unspecified atom stereocenters. The molecule has 0 aliphatic carbocycles. The Balaban J connectivity index is 1.65. The first-order valence-corrected chi connectivity index (χ1v) is 9.10. The summed E-state index contributed by atoms with van der Waals surface area (Å²) < 4.78 is 41.1. The summed E-state index contributed by atoms with van der Waals surface area (Å²) in [5, 5.41) is 8.69. The van der Waals surface area contributed by atoms with E-state index in [2.05, 4.69) is 30.6 Å². The van der Waals surface area contributed by atoms with Crippen molar-refractivity contribution in [1.82, 2.24) is 20.5 Å². The van der Waals surface area contributed by atoms with Gasteiger partial charge in [0.2, 0.25) is 11.8 Å². The molecule has 1 aromatic carbocycles. The molecule has 168 valence electrons. The number of ether oxygens (including phenoxy) is 1. The first kappa shape index (κ1) is 22.8. The number of aromatic amines is 2. The fourth-order valence-corrected chi connectivity index (χ4v) is 2.82. The molecule has 0 aliphatic heterocycles. The predicted molar refractivity (Wildman–Crippen MR) is 107 cm³/mol. The molecule has 3 rings (SSSR count). The third kappa shape index (κ3) is 5.43. The van der Waals surface area contributed by atoms with Gasteiger partial charge < -0.3 is 15.4 Å². The summed E-state index contributed by atoms with van der Waals surface area (Å²) in [6.45, 7) is -2.13. The number of carbonyl (C=O) groups excluding carboxylic acids is 2. The number of carbonyl (C=O) groups is 2. The van der Waals surface area contributed by atoms with E-state index in [9.17, 15) is 32.3 Å². The first-order chi connectivity index (χ1) is 15.0. The number of benzene rings is 1. The molecule has 0 saturated carbocycles. The Morgan fingerprint density at radius 3 is 2.56 bits per heavy atom. The smallest absolute Gasteiger partial charge is 0.422 e. The minimum atomic E-state index is -4.59. The summed E-state index contributed by atoms with van der Waals surface area (Å²) in [7, 11) is 0. The van der Waals surface area contributed by atoms with E-state index < -0.39 is 48.1 Å². The van der Waals surface area contributed by atoms with Crippen LogP contribution in [0, 0.1) is 0 Å². The number of hydrogen-bond donors (Lipinski definition) is 4. The molecule has 10 nitrogen and oxygen atoms in total. The lowest BCUT2D eigenvalue weighted by molar-refractivity contribution is -0.154. The second kappa shape index (κ2) is 9.09. The quantitative estimate of drug-likeness (QED) is 0.429. The van der Waals surface area contributed by atoms with Crippen LogP contribution in [0.1, 0.15) is 10.4 Å². The Morgan fingerprint density at radius 2 is 1.88 bits per heavy atom. The van der Waals surface area contributed by atoms with Crippen molar-refractivity contribution in [2.24, 2.45) is 0 Å². The van der Waals surface area contributed by atoms with Crippen LogP contribution in [0.15, 0.2) is 40.1 Å². The van der Waals surface area contributed by atoms with Crippen LogP contribution in [0.3, 0.4) is 0 Å². The van der Waals surface area contributed by atoms with E-state index in [0.29, 0.717) is 0 Å². The Morgan fingerprint density at radius 1 is 1.16 bits per heavy atom. The normalized spacial score (nSPS) is 11.2. The Labute approximate surface area is 180 Å². The number of fused-ring (bicyclic) bond motifs is 1. The maximum Gasteiger partial charge on any atom is 0.422 e. The minimum absolute atomic E-state index is 0.0404. The van der Waals surface area contributed by atoms with Crippen molar-refractivity contribution in [2.75, 3.05) is 18.5 Å². The highest BCUT2D eigenvalue weighted by atomic mass is 35.5. The number of anilines is 1. The van der Waals surface area contributed by atoms with Crippen LogP contribution in [0.5, 0.6) is 5.88 Å². The molecule has 14 heteroatoms. The molecule has 0 atom stereocenters. The maximum atomic E-state index is 12.2. The monoisotopic (exact) mass is 471 g/mol. The lowest BCUT2D eigenvalue weighted by atomic mass is 10.1. The maximum absolute atomic E-state index is 12.2. The van der Waals surface area contributed by atoms with Gasteiger partial charge in [0, 0.05) is 6.20 Å². The van der Waals surface area contributed by atoms with E-state index in [1.807, 2.05) is 0 Å². The third-order valence-electron chi connectivity index (χ3n) is 3.95.